The van der Waals surface area contributed by atoms with Gasteiger partial charge in [-0.25, -0.2) is 14.8 Å². The minimum absolute atomic E-state index is 0.294. The lowest BCUT2D eigenvalue weighted by Crippen LogP contribution is -2.36. The van der Waals surface area contributed by atoms with Crippen LogP contribution in [0.4, 0.5) is 23.7 Å². The Bertz CT molecular complexity index is 1170. The number of fused-ring (bicyclic) bond motifs is 1. The molecule has 8 nitrogen and oxygen atoms in total. The number of halogens is 3. The number of amides is 2. The number of allylic oxidation sites excluding steroid dienone is 1. The van der Waals surface area contributed by atoms with E-state index in [2.05, 4.69) is 15.3 Å². The lowest BCUT2D eigenvalue weighted by molar-refractivity contribution is -0.122. The third-order valence-electron chi connectivity index (χ3n) is 4.21. The number of rotatable bonds is 5. The Hall–Kier alpha value is -4.02. The Kier molecular flexibility index (Phi) is 6.14. The second-order valence-corrected chi connectivity index (χ2v) is 6.60. The summed E-state index contributed by atoms with van der Waals surface area (Å²) in [4.78, 5) is 20.3. The van der Waals surface area contributed by atoms with Crippen molar-refractivity contribution in [1.29, 1.82) is 0 Å². The fraction of sp³-hybridized carbons (Fsp3) is 0.150. The highest BCUT2D eigenvalue weighted by Crippen LogP contribution is 2.24. The average Bonchev–Trinajstić information content (AvgIpc) is 3.15. The van der Waals surface area contributed by atoms with Gasteiger partial charge in [-0.05, 0) is 31.2 Å². The van der Waals surface area contributed by atoms with Crippen LogP contribution in [0.15, 0.2) is 65.7 Å². The largest absolute Gasteiger partial charge is 0.405 e. The van der Waals surface area contributed by atoms with Crippen LogP contribution in [-0.4, -0.2) is 34.0 Å². The number of aromatic nitrogens is 2. The second-order valence-electron chi connectivity index (χ2n) is 6.60. The second kappa shape index (κ2) is 8.78. The highest BCUT2D eigenvalue weighted by atomic mass is 19.4. The number of alkyl halides is 3. The number of hydrogen-bond acceptors (Lipinski definition) is 4. The molecule has 0 aliphatic heterocycles. The van der Waals surface area contributed by atoms with Gasteiger partial charge in [0.25, 0.3) is 0 Å². The average molecular weight is 431 g/mol. The standard InChI is InChI=1S/C20H20F3N7O/c1-12(9-24)28-18(25)14-5-6-30-16(10-26-17(30)8-14)13-3-2-4-15(7-13)29-19(31)27-11-20(21,22)23/h2-10H,11,24H2,1H3,(H2,25,28)(H2,27,29,31)/b12-9-. The van der Waals surface area contributed by atoms with Gasteiger partial charge >= 0.3 is 12.2 Å². The number of anilines is 1. The molecule has 0 aliphatic rings. The van der Waals surface area contributed by atoms with Gasteiger partial charge in [0.15, 0.2) is 0 Å². The summed E-state index contributed by atoms with van der Waals surface area (Å²) in [7, 11) is 0. The molecular weight excluding hydrogens is 411 g/mol. The van der Waals surface area contributed by atoms with E-state index >= 15 is 0 Å². The monoisotopic (exact) mass is 431 g/mol. The number of nitrogens with zero attached hydrogens (tertiary/aromatic N) is 3. The molecule has 3 aromatic rings. The maximum absolute atomic E-state index is 12.2. The number of benzene rings is 1. The number of nitrogens with two attached hydrogens (primary N) is 2. The molecule has 31 heavy (non-hydrogen) atoms. The SMILES string of the molecule is C/C(=C/N)N=C(N)c1ccn2c(-c3cccc(NC(=O)NCC(F)(F)F)c3)cnc2c1. The first-order chi connectivity index (χ1) is 14.7. The highest BCUT2D eigenvalue weighted by Gasteiger charge is 2.27. The normalized spacial score (nSPS) is 12.8. The zero-order valence-corrected chi connectivity index (χ0v) is 16.4. The molecule has 0 radical (unpaired) electrons. The number of imidazole rings is 1. The molecule has 0 bridgehead atoms. The van der Waals surface area contributed by atoms with Crippen molar-refractivity contribution in [2.24, 2.45) is 16.5 Å². The molecule has 0 unspecified atom stereocenters. The smallest absolute Gasteiger partial charge is 0.403 e. The van der Waals surface area contributed by atoms with Crippen molar-refractivity contribution in [3.8, 4) is 11.3 Å². The van der Waals surface area contributed by atoms with Gasteiger partial charge in [-0.15, -0.1) is 0 Å². The van der Waals surface area contributed by atoms with Crippen molar-refractivity contribution in [3.63, 3.8) is 0 Å². The summed E-state index contributed by atoms with van der Waals surface area (Å²) < 4.78 is 38.5. The van der Waals surface area contributed by atoms with Gasteiger partial charge in [-0.1, -0.05) is 12.1 Å². The van der Waals surface area contributed by atoms with Crippen molar-refractivity contribution >= 4 is 23.2 Å². The van der Waals surface area contributed by atoms with Crippen LogP contribution in [-0.2, 0) is 0 Å². The first-order valence-electron chi connectivity index (χ1n) is 9.08. The molecule has 0 aliphatic carbocycles. The van der Waals surface area contributed by atoms with Gasteiger partial charge in [-0.3, -0.25) is 4.40 Å². The van der Waals surface area contributed by atoms with Crippen molar-refractivity contribution in [1.82, 2.24) is 14.7 Å². The number of pyridine rings is 1. The Morgan fingerprint density at radius 1 is 1.29 bits per heavy atom. The van der Waals surface area contributed by atoms with Gasteiger partial charge in [0, 0.05) is 29.2 Å². The Morgan fingerprint density at radius 3 is 2.77 bits per heavy atom. The molecule has 162 valence electrons. The summed E-state index contributed by atoms with van der Waals surface area (Å²) in [6, 6.07) is 9.26. The van der Waals surface area contributed by atoms with E-state index in [4.69, 9.17) is 11.5 Å². The van der Waals surface area contributed by atoms with Crippen LogP contribution in [0.25, 0.3) is 16.9 Å². The molecule has 0 atom stereocenters. The molecule has 2 aromatic heterocycles. The van der Waals surface area contributed by atoms with Crippen molar-refractivity contribution in [2.75, 3.05) is 11.9 Å². The van der Waals surface area contributed by atoms with Crippen LogP contribution in [0, 0.1) is 0 Å². The van der Waals surface area contributed by atoms with Gasteiger partial charge in [0.1, 0.15) is 18.0 Å². The predicted octanol–water partition coefficient (Wildman–Crippen LogP) is 3.21. The van der Waals surface area contributed by atoms with E-state index in [9.17, 15) is 18.0 Å². The number of urea groups is 1. The molecule has 2 amide bonds. The number of carbonyl (C=O) groups excluding carboxylic acids is 1. The molecule has 0 fully saturated rings. The van der Waals surface area contributed by atoms with E-state index < -0.39 is 18.8 Å². The zero-order chi connectivity index (χ0) is 22.6. The van der Waals surface area contributed by atoms with Crippen LogP contribution in [0.1, 0.15) is 12.5 Å². The first kappa shape index (κ1) is 21.7. The summed E-state index contributed by atoms with van der Waals surface area (Å²) >= 11 is 0. The van der Waals surface area contributed by atoms with Crippen LogP contribution in [0.5, 0.6) is 0 Å². The number of carbonyl (C=O) groups is 1. The minimum atomic E-state index is -4.48. The molecule has 1 aromatic carbocycles. The number of aliphatic imine (C=N–C) groups is 1. The summed E-state index contributed by atoms with van der Waals surface area (Å²) in [5.74, 6) is 0.294. The Morgan fingerprint density at radius 2 is 2.06 bits per heavy atom. The van der Waals surface area contributed by atoms with Crippen molar-refractivity contribution in [3.05, 3.63) is 66.3 Å². The fourth-order valence-electron chi connectivity index (χ4n) is 2.76. The van der Waals surface area contributed by atoms with E-state index in [1.165, 1.54) is 6.20 Å². The lowest BCUT2D eigenvalue weighted by atomic mass is 10.1. The third kappa shape index (κ3) is 5.53. The quantitative estimate of drug-likeness (QED) is 0.366. The fourth-order valence-corrected chi connectivity index (χ4v) is 2.76. The van der Waals surface area contributed by atoms with E-state index in [0.717, 1.165) is 5.69 Å². The molecular formula is C20H20F3N7O. The summed E-state index contributed by atoms with van der Waals surface area (Å²) in [6.45, 7) is 0.310. The minimum Gasteiger partial charge on any atom is -0.403 e. The van der Waals surface area contributed by atoms with E-state index in [0.29, 0.717) is 34.0 Å². The third-order valence-corrected chi connectivity index (χ3v) is 4.21. The topological polar surface area (TPSA) is 123 Å². The molecule has 0 saturated heterocycles. The van der Waals surface area contributed by atoms with E-state index in [1.807, 2.05) is 4.40 Å². The number of hydrogen-bond donors (Lipinski definition) is 4. The Labute approximate surface area is 175 Å². The van der Waals surface area contributed by atoms with Gasteiger partial charge in [-0.2, -0.15) is 13.2 Å². The van der Waals surface area contributed by atoms with Crippen LogP contribution < -0.4 is 22.1 Å². The summed E-state index contributed by atoms with van der Waals surface area (Å²) in [6.07, 6.45) is 0.277. The molecule has 0 spiro atoms. The lowest BCUT2D eigenvalue weighted by Gasteiger charge is -2.11. The van der Waals surface area contributed by atoms with Gasteiger partial charge in [0.05, 0.1) is 17.6 Å². The van der Waals surface area contributed by atoms with Crippen molar-refractivity contribution in [2.45, 2.75) is 13.1 Å². The molecule has 11 heteroatoms. The molecule has 6 N–H and O–H groups in total. The maximum Gasteiger partial charge on any atom is 0.405 e. The van der Waals surface area contributed by atoms with E-state index in [1.54, 1.807) is 61.0 Å². The molecule has 3 rings (SSSR count). The maximum atomic E-state index is 12.2. The summed E-state index contributed by atoms with van der Waals surface area (Å²) in [5, 5.41) is 4.15. The Balaban J connectivity index is 1.83. The van der Waals surface area contributed by atoms with Gasteiger partial charge < -0.3 is 22.1 Å². The highest BCUT2D eigenvalue weighted by molar-refractivity contribution is 5.99. The number of nitrogens with one attached hydrogen (secondary N) is 2. The van der Waals surface area contributed by atoms with Gasteiger partial charge in [0.2, 0.25) is 0 Å². The number of amidine groups is 1. The van der Waals surface area contributed by atoms with Crippen molar-refractivity contribution < 1.29 is 18.0 Å². The molecule has 2 heterocycles. The molecule has 0 saturated carbocycles. The van der Waals surface area contributed by atoms with Crippen LogP contribution >= 0.6 is 0 Å². The first-order valence-corrected chi connectivity index (χ1v) is 9.08. The summed E-state index contributed by atoms with van der Waals surface area (Å²) in [5.41, 5.74) is 15.0. The zero-order valence-electron chi connectivity index (χ0n) is 16.4. The predicted molar refractivity (Wildman–Crippen MR) is 112 cm³/mol. The van der Waals surface area contributed by atoms with Crippen LogP contribution in [0.3, 0.4) is 0 Å². The van der Waals surface area contributed by atoms with E-state index in [-0.39, 0.29) is 0 Å². The van der Waals surface area contributed by atoms with Crippen LogP contribution in [0.2, 0.25) is 0 Å².